The molecule has 3 aromatic heterocycles. The van der Waals surface area contributed by atoms with Gasteiger partial charge in [0.15, 0.2) is 5.82 Å². The summed E-state index contributed by atoms with van der Waals surface area (Å²) in [5.41, 5.74) is 1.51. The monoisotopic (exact) mass is 301 g/mol. The van der Waals surface area contributed by atoms with E-state index in [9.17, 15) is 4.79 Å². The van der Waals surface area contributed by atoms with Crippen molar-refractivity contribution in [2.24, 2.45) is 0 Å². The summed E-state index contributed by atoms with van der Waals surface area (Å²) in [4.78, 5) is 12.6. The van der Waals surface area contributed by atoms with Gasteiger partial charge < -0.3 is 4.52 Å². The molecule has 0 saturated heterocycles. The minimum absolute atomic E-state index is 0.148. The van der Waals surface area contributed by atoms with Crippen molar-refractivity contribution in [2.75, 3.05) is 0 Å². The number of hydrogen-bond donors (Lipinski definition) is 0. The zero-order valence-electron chi connectivity index (χ0n) is 13.1. The van der Waals surface area contributed by atoms with Gasteiger partial charge >= 0.3 is 5.69 Å². The predicted octanol–water partition coefficient (Wildman–Crippen LogP) is 2.07. The molecule has 3 aromatic rings. The third-order valence-corrected chi connectivity index (χ3v) is 3.50. The Balaban J connectivity index is 1.94. The molecule has 0 aliphatic carbocycles. The fourth-order valence-electron chi connectivity index (χ4n) is 2.39. The molecule has 0 atom stereocenters. The molecule has 7 heteroatoms. The van der Waals surface area contributed by atoms with Gasteiger partial charge in [-0.1, -0.05) is 5.16 Å². The smallest absolute Gasteiger partial charge is 0.334 e. The van der Waals surface area contributed by atoms with Crippen molar-refractivity contribution < 1.29 is 4.52 Å². The molecule has 7 nitrogen and oxygen atoms in total. The molecule has 0 amide bonds. The molecule has 0 radical (unpaired) electrons. The molecule has 0 aliphatic heterocycles. The van der Waals surface area contributed by atoms with Gasteiger partial charge in [0.25, 0.3) is 0 Å². The summed E-state index contributed by atoms with van der Waals surface area (Å²) < 4.78 is 10.1. The van der Waals surface area contributed by atoms with Crippen LogP contribution in [0.5, 0.6) is 0 Å². The minimum Gasteiger partial charge on any atom is -0.360 e. The van der Waals surface area contributed by atoms with Gasteiger partial charge in [-0.3, -0.25) is 9.25 Å². The summed E-state index contributed by atoms with van der Waals surface area (Å²) in [7, 11) is 0. The van der Waals surface area contributed by atoms with Crippen LogP contribution < -0.4 is 5.69 Å². The van der Waals surface area contributed by atoms with Crippen LogP contribution in [0.2, 0.25) is 0 Å². The average molecular weight is 301 g/mol. The molecular weight excluding hydrogens is 282 g/mol. The summed E-state index contributed by atoms with van der Waals surface area (Å²) in [5.74, 6) is 1.18. The lowest BCUT2D eigenvalue weighted by Gasteiger charge is -2.03. The van der Waals surface area contributed by atoms with Crippen molar-refractivity contribution in [3.63, 3.8) is 0 Å². The third-order valence-electron chi connectivity index (χ3n) is 3.50. The number of aromatic nitrogens is 5. The molecule has 0 fully saturated rings. The topological polar surface area (TPSA) is 70.8 Å². The summed E-state index contributed by atoms with van der Waals surface area (Å²) >= 11 is 0. The van der Waals surface area contributed by atoms with E-state index in [1.807, 2.05) is 23.9 Å². The highest BCUT2D eigenvalue weighted by molar-refractivity contribution is 5.25. The van der Waals surface area contributed by atoms with Crippen molar-refractivity contribution >= 4 is 0 Å². The van der Waals surface area contributed by atoms with Crippen LogP contribution in [0, 0.1) is 13.8 Å². The maximum atomic E-state index is 12.6. The van der Waals surface area contributed by atoms with Gasteiger partial charge in [0.05, 0.1) is 12.2 Å². The number of aryl methyl sites for hydroxylation is 2. The average Bonchev–Trinajstić information content (AvgIpc) is 3.12. The first kappa shape index (κ1) is 14.4. The second kappa shape index (κ2) is 5.32. The molecule has 116 valence electrons. The van der Waals surface area contributed by atoms with E-state index in [4.69, 9.17) is 4.52 Å². The first-order valence-electron chi connectivity index (χ1n) is 7.22. The largest absolute Gasteiger partial charge is 0.360 e. The molecular formula is C15H19N5O2. The predicted molar refractivity (Wildman–Crippen MR) is 81.3 cm³/mol. The van der Waals surface area contributed by atoms with Gasteiger partial charge in [-0.15, -0.1) is 0 Å². The van der Waals surface area contributed by atoms with Crippen molar-refractivity contribution in [1.82, 2.24) is 24.1 Å². The van der Waals surface area contributed by atoms with E-state index in [-0.39, 0.29) is 5.69 Å². The summed E-state index contributed by atoms with van der Waals surface area (Å²) in [6.45, 7) is 8.23. The van der Waals surface area contributed by atoms with Crippen molar-refractivity contribution in [3.8, 4) is 5.82 Å². The second-order valence-electron chi connectivity index (χ2n) is 5.69. The van der Waals surface area contributed by atoms with E-state index in [1.54, 1.807) is 23.8 Å². The molecule has 0 saturated carbocycles. The fourth-order valence-corrected chi connectivity index (χ4v) is 2.39. The van der Waals surface area contributed by atoms with E-state index < -0.39 is 0 Å². The van der Waals surface area contributed by atoms with Crippen molar-refractivity contribution in [1.29, 1.82) is 0 Å². The third kappa shape index (κ3) is 2.49. The Morgan fingerprint density at radius 3 is 2.68 bits per heavy atom. The van der Waals surface area contributed by atoms with Gasteiger partial charge in [-0.2, -0.15) is 5.10 Å². The second-order valence-corrected chi connectivity index (χ2v) is 5.69. The van der Waals surface area contributed by atoms with Crippen LogP contribution in [-0.2, 0) is 6.54 Å². The normalized spacial score (nSPS) is 11.5. The molecule has 3 rings (SSSR count). The molecule has 0 N–H and O–H groups in total. The Morgan fingerprint density at radius 1 is 1.32 bits per heavy atom. The molecule has 0 aromatic carbocycles. The summed E-state index contributed by atoms with van der Waals surface area (Å²) in [6, 6.07) is 3.97. The van der Waals surface area contributed by atoms with Crippen LogP contribution in [0.3, 0.4) is 0 Å². The highest BCUT2D eigenvalue weighted by Gasteiger charge is 2.14. The van der Waals surface area contributed by atoms with Crippen molar-refractivity contribution in [3.05, 3.63) is 52.2 Å². The van der Waals surface area contributed by atoms with E-state index in [1.165, 1.54) is 4.57 Å². The fraction of sp³-hybridized carbons (Fsp3) is 0.400. The van der Waals surface area contributed by atoms with E-state index in [0.29, 0.717) is 24.2 Å². The maximum absolute atomic E-state index is 12.6. The molecule has 0 spiro atoms. The van der Waals surface area contributed by atoms with Gasteiger partial charge in [0, 0.05) is 30.2 Å². The van der Waals surface area contributed by atoms with Crippen LogP contribution >= 0.6 is 0 Å². The highest BCUT2D eigenvalue weighted by atomic mass is 16.5. The maximum Gasteiger partial charge on any atom is 0.334 e. The molecule has 22 heavy (non-hydrogen) atoms. The summed E-state index contributed by atoms with van der Waals surface area (Å²) in [5, 5.41) is 8.39. The lowest BCUT2D eigenvalue weighted by atomic mass is 10.4. The minimum atomic E-state index is -0.148. The van der Waals surface area contributed by atoms with Crippen LogP contribution in [0.4, 0.5) is 0 Å². The molecule has 0 bridgehead atoms. The van der Waals surface area contributed by atoms with Gasteiger partial charge in [-0.05, 0) is 33.8 Å². The number of nitrogens with zero attached hydrogens (tertiary/aromatic N) is 5. The first-order valence-corrected chi connectivity index (χ1v) is 7.22. The van der Waals surface area contributed by atoms with Gasteiger partial charge in [0.2, 0.25) is 0 Å². The Bertz CT molecular complexity index is 850. The molecule has 0 unspecified atom stereocenters. The van der Waals surface area contributed by atoms with Gasteiger partial charge in [0.1, 0.15) is 5.76 Å². The van der Waals surface area contributed by atoms with Crippen LogP contribution in [-0.4, -0.2) is 24.1 Å². The van der Waals surface area contributed by atoms with Crippen LogP contribution in [0.15, 0.2) is 33.8 Å². The zero-order valence-corrected chi connectivity index (χ0v) is 13.1. The molecule has 0 aliphatic rings. The van der Waals surface area contributed by atoms with E-state index in [2.05, 4.69) is 24.1 Å². The Labute approximate surface area is 127 Å². The SMILES string of the molecule is Cc1cc(-n2c(C)cn(Cc3ccn(C(C)C)n3)c2=O)no1. The number of imidazole rings is 1. The Morgan fingerprint density at radius 2 is 2.09 bits per heavy atom. The Hall–Kier alpha value is -2.57. The van der Waals surface area contributed by atoms with E-state index in [0.717, 1.165) is 11.4 Å². The lowest BCUT2D eigenvalue weighted by Crippen LogP contribution is -2.24. The number of rotatable bonds is 4. The first-order chi connectivity index (χ1) is 10.5. The Kier molecular flexibility index (Phi) is 3.48. The van der Waals surface area contributed by atoms with Gasteiger partial charge in [-0.25, -0.2) is 9.36 Å². The standard InChI is InChI=1S/C15H19N5O2/c1-10(2)19-6-5-13(16-19)9-18-8-11(3)20(15(18)21)14-7-12(4)22-17-14/h5-8,10H,9H2,1-4H3. The van der Waals surface area contributed by atoms with Crippen LogP contribution in [0.25, 0.3) is 5.82 Å². The zero-order chi connectivity index (χ0) is 15.9. The quantitative estimate of drug-likeness (QED) is 0.739. The number of hydrogen-bond acceptors (Lipinski definition) is 4. The van der Waals surface area contributed by atoms with E-state index >= 15 is 0 Å². The van der Waals surface area contributed by atoms with Crippen molar-refractivity contribution in [2.45, 2.75) is 40.3 Å². The highest BCUT2D eigenvalue weighted by Crippen LogP contribution is 2.10. The summed E-state index contributed by atoms with van der Waals surface area (Å²) in [6.07, 6.45) is 3.73. The molecule has 3 heterocycles. The van der Waals surface area contributed by atoms with Crippen LogP contribution in [0.1, 0.15) is 37.0 Å². The lowest BCUT2D eigenvalue weighted by molar-refractivity contribution is 0.394.